The maximum atomic E-state index is 9.49. The molecule has 112 valence electrons. The van der Waals surface area contributed by atoms with Gasteiger partial charge in [0.2, 0.25) is 0 Å². The summed E-state index contributed by atoms with van der Waals surface area (Å²) in [5.41, 5.74) is 4.60. The summed E-state index contributed by atoms with van der Waals surface area (Å²) in [5.74, 6) is 2.20. The van der Waals surface area contributed by atoms with Gasteiger partial charge in [-0.1, -0.05) is 24.3 Å². The molecule has 0 saturated heterocycles. The Bertz CT molecular complexity index is 724. The van der Waals surface area contributed by atoms with Gasteiger partial charge in [0.1, 0.15) is 17.6 Å². The second kappa shape index (κ2) is 4.28. The van der Waals surface area contributed by atoms with Crippen LogP contribution >= 0.6 is 0 Å². The Labute approximate surface area is 130 Å². The van der Waals surface area contributed by atoms with Crippen molar-refractivity contribution >= 4 is 0 Å². The van der Waals surface area contributed by atoms with E-state index < -0.39 is 0 Å². The third kappa shape index (κ3) is 1.86. The van der Waals surface area contributed by atoms with Crippen LogP contribution in [0.15, 0.2) is 42.5 Å². The molecule has 3 aliphatic rings. The van der Waals surface area contributed by atoms with Crippen LogP contribution < -0.4 is 4.74 Å². The highest BCUT2D eigenvalue weighted by Gasteiger charge is 2.52. The average molecular weight is 292 g/mol. The van der Waals surface area contributed by atoms with Crippen LogP contribution in [0.1, 0.15) is 60.8 Å². The third-order valence-electron chi connectivity index (χ3n) is 5.57. The van der Waals surface area contributed by atoms with Gasteiger partial charge in [-0.3, -0.25) is 0 Å². The summed E-state index contributed by atoms with van der Waals surface area (Å²) in [6.45, 7) is 0. The second-order valence-corrected chi connectivity index (χ2v) is 7.18. The highest BCUT2D eigenvalue weighted by Crippen LogP contribution is 2.62. The SMILES string of the molecule is Oc1ccc(C2CC3(CC3)c3c(cccc3C3CC3)O2)cc1. The predicted molar refractivity (Wildman–Crippen MR) is 85.4 cm³/mol. The first-order valence-corrected chi connectivity index (χ1v) is 8.34. The molecule has 2 saturated carbocycles. The second-order valence-electron chi connectivity index (χ2n) is 7.18. The fraction of sp³-hybridized carbons (Fsp3) is 0.400. The summed E-state index contributed by atoms with van der Waals surface area (Å²) in [6.07, 6.45) is 6.46. The molecule has 1 atom stereocenters. The fourth-order valence-corrected chi connectivity index (χ4v) is 4.08. The Morgan fingerprint density at radius 3 is 2.45 bits per heavy atom. The molecule has 5 rings (SSSR count). The van der Waals surface area contributed by atoms with Crippen molar-refractivity contribution < 1.29 is 9.84 Å². The molecule has 2 heteroatoms. The Balaban J connectivity index is 1.57. The number of fused-ring (bicyclic) bond motifs is 2. The van der Waals surface area contributed by atoms with E-state index >= 15 is 0 Å². The Morgan fingerprint density at radius 2 is 1.77 bits per heavy atom. The molecule has 2 nitrogen and oxygen atoms in total. The van der Waals surface area contributed by atoms with E-state index in [4.69, 9.17) is 4.74 Å². The van der Waals surface area contributed by atoms with E-state index in [-0.39, 0.29) is 6.10 Å². The molecule has 1 spiro atoms. The minimum atomic E-state index is 0.116. The zero-order chi connectivity index (χ0) is 14.7. The summed E-state index contributed by atoms with van der Waals surface area (Å²) in [6, 6.07) is 14.1. The number of phenolic OH excluding ortho intramolecular Hbond substituents is 1. The number of aromatic hydroxyl groups is 1. The Morgan fingerprint density at radius 1 is 1.00 bits per heavy atom. The van der Waals surface area contributed by atoms with Gasteiger partial charge in [-0.05, 0) is 67.3 Å². The zero-order valence-electron chi connectivity index (χ0n) is 12.6. The maximum Gasteiger partial charge on any atom is 0.125 e. The summed E-state index contributed by atoms with van der Waals surface area (Å²) < 4.78 is 6.37. The van der Waals surface area contributed by atoms with E-state index in [1.54, 1.807) is 17.7 Å². The molecular weight excluding hydrogens is 272 g/mol. The first-order valence-electron chi connectivity index (χ1n) is 8.34. The van der Waals surface area contributed by atoms with Crippen molar-refractivity contribution in [1.82, 2.24) is 0 Å². The van der Waals surface area contributed by atoms with E-state index in [1.165, 1.54) is 36.8 Å². The van der Waals surface area contributed by atoms with Crippen LogP contribution in [0.2, 0.25) is 0 Å². The van der Waals surface area contributed by atoms with Crippen LogP contribution in [0.4, 0.5) is 0 Å². The lowest BCUT2D eigenvalue weighted by molar-refractivity contribution is 0.153. The van der Waals surface area contributed by atoms with Crippen molar-refractivity contribution in [3.63, 3.8) is 0 Å². The number of rotatable bonds is 2. The highest BCUT2D eigenvalue weighted by molar-refractivity contribution is 5.53. The van der Waals surface area contributed by atoms with E-state index in [0.29, 0.717) is 11.2 Å². The standard InChI is InChI=1S/C20H20O2/c21-15-8-6-14(7-9-15)18-12-20(10-11-20)19-16(13-4-5-13)2-1-3-17(19)22-18/h1-3,6-9,13,18,21H,4-5,10-12H2. The third-order valence-corrected chi connectivity index (χ3v) is 5.57. The molecule has 0 amide bonds. The molecule has 0 aromatic heterocycles. The van der Waals surface area contributed by atoms with Crippen LogP contribution in [0, 0.1) is 0 Å². The lowest BCUT2D eigenvalue weighted by Gasteiger charge is -2.34. The van der Waals surface area contributed by atoms with Gasteiger partial charge in [0.25, 0.3) is 0 Å². The largest absolute Gasteiger partial charge is 0.508 e. The first-order chi connectivity index (χ1) is 10.8. The normalized spacial score (nSPS) is 24.6. The minimum absolute atomic E-state index is 0.116. The summed E-state index contributed by atoms with van der Waals surface area (Å²) in [4.78, 5) is 0. The van der Waals surface area contributed by atoms with Gasteiger partial charge < -0.3 is 9.84 Å². The molecule has 22 heavy (non-hydrogen) atoms. The molecule has 0 bridgehead atoms. The van der Waals surface area contributed by atoms with Crippen molar-refractivity contribution in [3.8, 4) is 11.5 Å². The monoisotopic (exact) mass is 292 g/mol. The quantitative estimate of drug-likeness (QED) is 0.859. The molecular formula is C20H20O2. The molecule has 1 aliphatic heterocycles. The molecule has 2 aromatic carbocycles. The first kappa shape index (κ1) is 12.6. The smallest absolute Gasteiger partial charge is 0.125 e. The van der Waals surface area contributed by atoms with E-state index in [1.807, 2.05) is 12.1 Å². The molecule has 1 N–H and O–H groups in total. The lowest BCUT2D eigenvalue weighted by atomic mass is 9.81. The van der Waals surface area contributed by atoms with Gasteiger partial charge >= 0.3 is 0 Å². The van der Waals surface area contributed by atoms with Gasteiger partial charge in [-0.15, -0.1) is 0 Å². The maximum absolute atomic E-state index is 9.49. The highest BCUT2D eigenvalue weighted by atomic mass is 16.5. The summed E-state index contributed by atoms with van der Waals surface area (Å²) in [5, 5.41) is 9.49. The van der Waals surface area contributed by atoms with Crippen LogP contribution in [0.25, 0.3) is 0 Å². The Hall–Kier alpha value is -1.96. The van der Waals surface area contributed by atoms with E-state index in [9.17, 15) is 5.11 Å². The van der Waals surface area contributed by atoms with Crippen LogP contribution in [0.5, 0.6) is 11.5 Å². The van der Waals surface area contributed by atoms with Crippen LogP contribution in [-0.2, 0) is 5.41 Å². The van der Waals surface area contributed by atoms with Crippen molar-refractivity contribution in [2.24, 2.45) is 0 Å². The van der Waals surface area contributed by atoms with E-state index in [0.717, 1.165) is 18.1 Å². The average Bonchev–Trinajstić information content (AvgIpc) is 3.43. The van der Waals surface area contributed by atoms with Crippen molar-refractivity contribution in [2.75, 3.05) is 0 Å². The zero-order valence-corrected chi connectivity index (χ0v) is 12.6. The van der Waals surface area contributed by atoms with Crippen molar-refractivity contribution in [1.29, 1.82) is 0 Å². The Kier molecular flexibility index (Phi) is 2.45. The minimum Gasteiger partial charge on any atom is -0.508 e. The van der Waals surface area contributed by atoms with Gasteiger partial charge in [0.05, 0.1) is 0 Å². The number of hydrogen-bond donors (Lipinski definition) is 1. The number of hydrogen-bond acceptors (Lipinski definition) is 2. The molecule has 0 radical (unpaired) electrons. The van der Waals surface area contributed by atoms with Crippen molar-refractivity contribution in [3.05, 3.63) is 59.2 Å². The molecule has 2 aliphatic carbocycles. The van der Waals surface area contributed by atoms with Crippen LogP contribution in [0.3, 0.4) is 0 Å². The molecule has 1 unspecified atom stereocenters. The van der Waals surface area contributed by atoms with Gasteiger partial charge in [0.15, 0.2) is 0 Å². The number of phenols is 1. The summed E-state index contributed by atoms with van der Waals surface area (Å²) >= 11 is 0. The summed E-state index contributed by atoms with van der Waals surface area (Å²) in [7, 11) is 0. The molecule has 1 heterocycles. The topological polar surface area (TPSA) is 29.5 Å². The molecule has 2 fully saturated rings. The van der Waals surface area contributed by atoms with Gasteiger partial charge in [-0.25, -0.2) is 0 Å². The van der Waals surface area contributed by atoms with Crippen LogP contribution in [-0.4, -0.2) is 5.11 Å². The molecule has 2 aromatic rings. The lowest BCUT2D eigenvalue weighted by Crippen LogP contribution is -2.25. The number of benzene rings is 2. The number of ether oxygens (including phenoxy) is 1. The van der Waals surface area contributed by atoms with Gasteiger partial charge in [0, 0.05) is 11.0 Å². The fourth-order valence-electron chi connectivity index (χ4n) is 4.08. The van der Waals surface area contributed by atoms with Gasteiger partial charge in [-0.2, -0.15) is 0 Å². The van der Waals surface area contributed by atoms with Crippen molar-refractivity contribution in [2.45, 2.75) is 49.5 Å². The predicted octanol–water partition coefficient (Wildman–Crippen LogP) is 4.83. The van der Waals surface area contributed by atoms with E-state index in [2.05, 4.69) is 18.2 Å².